The number of amides is 2. The van der Waals surface area contributed by atoms with E-state index in [-0.39, 0.29) is 16.9 Å². The lowest BCUT2D eigenvalue weighted by Gasteiger charge is -2.63. The molecular weight excluding hydrogens is 430 g/mol. The molecule has 5 aliphatic rings. The maximum atomic E-state index is 13.0. The summed E-state index contributed by atoms with van der Waals surface area (Å²) in [5.41, 5.74) is 1.63. The Balaban J connectivity index is 0.844. The molecule has 2 saturated carbocycles. The van der Waals surface area contributed by atoms with Gasteiger partial charge in [-0.05, 0) is 25.7 Å². The largest absolute Gasteiger partial charge is 0.447 e. The predicted octanol–water partition coefficient (Wildman–Crippen LogP) is 3.08. The molecule has 2 amide bonds. The van der Waals surface area contributed by atoms with E-state index in [9.17, 15) is 4.79 Å². The second kappa shape index (κ2) is 6.83. The predicted molar refractivity (Wildman–Crippen MR) is 124 cm³/mol. The van der Waals surface area contributed by atoms with Gasteiger partial charge in [0.1, 0.15) is 12.1 Å². The first-order valence-electron chi connectivity index (χ1n) is 12.8. The highest BCUT2D eigenvalue weighted by Crippen LogP contribution is 2.56. The average Bonchev–Trinajstić information content (AvgIpc) is 3.19. The topological polar surface area (TPSA) is 94.4 Å². The third-order valence-corrected chi connectivity index (χ3v) is 8.65. The van der Waals surface area contributed by atoms with E-state index in [4.69, 9.17) is 9.40 Å². The van der Waals surface area contributed by atoms with Crippen LogP contribution in [0.4, 0.5) is 4.79 Å². The molecular formula is C25H35N7O2. The molecule has 3 saturated heterocycles. The van der Waals surface area contributed by atoms with Gasteiger partial charge >= 0.3 is 6.03 Å². The van der Waals surface area contributed by atoms with Gasteiger partial charge in [0.05, 0.1) is 12.2 Å². The van der Waals surface area contributed by atoms with E-state index < -0.39 is 0 Å². The zero-order chi connectivity index (χ0) is 23.3. The van der Waals surface area contributed by atoms with Crippen LogP contribution >= 0.6 is 0 Å². The van der Waals surface area contributed by atoms with Gasteiger partial charge in [0.15, 0.2) is 5.82 Å². The fourth-order valence-electron chi connectivity index (χ4n) is 6.56. The Bertz CT molecular complexity index is 1100. The van der Waals surface area contributed by atoms with E-state index in [0.29, 0.717) is 17.3 Å². The quantitative estimate of drug-likeness (QED) is 0.746. The van der Waals surface area contributed by atoms with Gasteiger partial charge in [-0.2, -0.15) is 5.10 Å². The fraction of sp³-hybridized carbons (Fsp3) is 0.760. The van der Waals surface area contributed by atoms with E-state index >= 15 is 0 Å². The van der Waals surface area contributed by atoms with Crippen molar-refractivity contribution in [2.75, 3.05) is 39.3 Å². The summed E-state index contributed by atoms with van der Waals surface area (Å²) in [4.78, 5) is 28.8. The molecule has 2 spiro atoms. The summed E-state index contributed by atoms with van der Waals surface area (Å²) in [6, 6.07) is 0.233. The maximum Gasteiger partial charge on any atom is 0.320 e. The third kappa shape index (κ3) is 3.38. The summed E-state index contributed by atoms with van der Waals surface area (Å²) in [5, 5.41) is 7.57. The molecule has 34 heavy (non-hydrogen) atoms. The van der Waals surface area contributed by atoms with Crippen molar-refractivity contribution in [3.8, 4) is 0 Å². The van der Waals surface area contributed by atoms with Crippen LogP contribution in [0, 0.1) is 10.8 Å². The fourth-order valence-corrected chi connectivity index (χ4v) is 6.56. The molecule has 9 heteroatoms. The molecule has 9 nitrogen and oxygen atoms in total. The minimum absolute atomic E-state index is 0.0120. The van der Waals surface area contributed by atoms with Crippen molar-refractivity contribution in [2.24, 2.45) is 10.8 Å². The maximum absolute atomic E-state index is 13.0. The molecule has 182 valence electrons. The molecule has 1 N–H and O–H groups in total. The summed E-state index contributed by atoms with van der Waals surface area (Å²) < 4.78 is 5.68. The molecule has 2 aliphatic carbocycles. The first-order valence-corrected chi connectivity index (χ1v) is 12.8. The molecule has 7 rings (SSSR count). The van der Waals surface area contributed by atoms with Gasteiger partial charge in [0.2, 0.25) is 5.89 Å². The lowest BCUT2D eigenvalue weighted by molar-refractivity contribution is -0.118. The van der Waals surface area contributed by atoms with Gasteiger partial charge in [-0.25, -0.2) is 14.8 Å². The number of oxazole rings is 1. The van der Waals surface area contributed by atoms with Gasteiger partial charge in [-0.15, -0.1) is 0 Å². The van der Waals surface area contributed by atoms with Gasteiger partial charge in [-0.1, -0.05) is 20.8 Å². The van der Waals surface area contributed by atoms with Crippen molar-refractivity contribution in [1.82, 2.24) is 34.9 Å². The van der Waals surface area contributed by atoms with Gasteiger partial charge in [-0.3, -0.25) is 10.00 Å². The summed E-state index contributed by atoms with van der Waals surface area (Å²) in [6.07, 6.45) is 6.52. The minimum Gasteiger partial charge on any atom is -0.447 e. The Morgan fingerprint density at radius 3 is 2.32 bits per heavy atom. The van der Waals surface area contributed by atoms with Gasteiger partial charge in [0, 0.05) is 67.3 Å². The molecule has 0 radical (unpaired) electrons. The summed E-state index contributed by atoms with van der Waals surface area (Å²) in [7, 11) is 0. The summed E-state index contributed by atoms with van der Waals surface area (Å²) >= 11 is 0. The zero-order valence-corrected chi connectivity index (χ0v) is 20.5. The number of carbonyl (C=O) groups excluding carboxylic acids is 1. The van der Waals surface area contributed by atoms with E-state index in [2.05, 4.69) is 45.8 Å². The molecule has 0 atom stereocenters. The lowest BCUT2D eigenvalue weighted by atomic mass is 9.57. The van der Waals surface area contributed by atoms with Crippen LogP contribution in [0.5, 0.6) is 0 Å². The highest BCUT2D eigenvalue weighted by molar-refractivity contribution is 5.77. The average molecular weight is 466 g/mol. The number of urea groups is 1. The normalized spacial score (nSPS) is 25.7. The van der Waals surface area contributed by atoms with E-state index in [1.807, 2.05) is 4.90 Å². The zero-order valence-electron chi connectivity index (χ0n) is 20.5. The molecule has 0 unspecified atom stereocenters. The second-order valence-corrected chi connectivity index (χ2v) is 13.0. The Morgan fingerprint density at radius 1 is 1.03 bits per heavy atom. The second-order valence-electron chi connectivity index (χ2n) is 13.0. The highest BCUT2D eigenvalue weighted by atomic mass is 16.3. The van der Waals surface area contributed by atoms with Crippen LogP contribution < -0.4 is 0 Å². The number of nitrogens with one attached hydrogen (secondary N) is 1. The molecule has 5 fully saturated rings. The van der Waals surface area contributed by atoms with Crippen molar-refractivity contribution >= 4 is 6.03 Å². The first kappa shape index (κ1) is 20.9. The Labute approximate surface area is 200 Å². The number of likely N-dealkylation sites (tertiary alicyclic amines) is 3. The smallest absolute Gasteiger partial charge is 0.320 e. The molecule has 2 aromatic rings. The number of hydrogen-bond acceptors (Lipinski definition) is 6. The van der Waals surface area contributed by atoms with Crippen LogP contribution in [0.15, 0.2) is 10.7 Å². The van der Waals surface area contributed by atoms with Crippen molar-refractivity contribution in [2.45, 2.75) is 70.3 Å². The number of rotatable bonds is 4. The van der Waals surface area contributed by atoms with Crippen molar-refractivity contribution in [3.63, 3.8) is 0 Å². The first-order chi connectivity index (χ1) is 16.2. The molecule has 5 heterocycles. The number of carbonyl (C=O) groups is 1. The van der Waals surface area contributed by atoms with Gasteiger partial charge < -0.3 is 14.2 Å². The highest BCUT2D eigenvalue weighted by Gasteiger charge is 2.58. The van der Waals surface area contributed by atoms with Crippen LogP contribution in [0.2, 0.25) is 0 Å². The number of H-pyrrole nitrogens is 1. The lowest BCUT2D eigenvalue weighted by Crippen LogP contribution is -2.75. The Kier molecular flexibility index (Phi) is 4.20. The van der Waals surface area contributed by atoms with Crippen molar-refractivity contribution in [3.05, 3.63) is 29.5 Å². The number of nitrogens with zero attached hydrogens (tertiary/aromatic N) is 6. The Morgan fingerprint density at radius 2 is 1.71 bits per heavy atom. The standard InChI is InChI=1S/C25H35N7O2/c1-23(2,3)18-9-34-19(26-18)8-30-10-25(11-30)14-32(15-25)22(33)31-12-24(13-31)6-17(7-24)21-27-20(28-29-21)16-4-5-16/h9,16-17H,4-8,10-15H2,1-3H3,(H,27,28,29). The number of hydrogen-bond donors (Lipinski definition) is 1. The van der Waals surface area contributed by atoms with Crippen molar-refractivity contribution in [1.29, 1.82) is 0 Å². The van der Waals surface area contributed by atoms with Crippen LogP contribution in [0.3, 0.4) is 0 Å². The van der Waals surface area contributed by atoms with Crippen LogP contribution in [0.1, 0.15) is 81.5 Å². The minimum atomic E-state index is 0.0120. The number of aromatic nitrogens is 4. The number of aromatic amines is 1. The monoisotopic (exact) mass is 465 g/mol. The third-order valence-electron chi connectivity index (χ3n) is 8.65. The van der Waals surface area contributed by atoms with Crippen LogP contribution in [0.25, 0.3) is 0 Å². The summed E-state index contributed by atoms with van der Waals surface area (Å²) in [6.45, 7) is 12.8. The van der Waals surface area contributed by atoms with Crippen LogP contribution in [-0.2, 0) is 12.0 Å². The SMILES string of the molecule is CC(C)(C)c1coc(CN2CC3(C2)CN(C(=O)N2CC4(CC(c5nc(C6CC6)n[nH]5)C4)C2)C3)n1. The van der Waals surface area contributed by atoms with Crippen molar-refractivity contribution < 1.29 is 9.21 Å². The van der Waals surface area contributed by atoms with Gasteiger partial charge in [0.25, 0.3) is 0 Å². The van der Waals surface area contributed by atoms with E-state index in [0.717, 1.165) is 81.9 Å². The Hall–Kier alpha value is -2.42. The molecule has 3 aliphatic heterocycles. The molecule has 0 aromatic carbocycles. The molecule has 2 aromatic heterocycles. The van der Waals surface area contributed by atoms with E-state index in [1.54, 1.807) is 6.26 Å². The van der Waals surface area contributed by atoms with Crippen LogP contribution in [-0.4, -0.2) is 80.2 Å². The summed E-state index contributed by atoms with van der Waals surface area (Å²) in [5.74, 6) is 3.97. The molecule has 0 bridgehead atoms. The van der Waals surface area contributed by atoms with E-state index in [1.165, 1.54) is 12.8 Å².